The lowest BCUT2D eigenvalue weighted by molar-refractivity contribution is -0.656. The molecule has 10 N–H and O–H groups in total. The van der Waals surface area contributed by atoms with E-state index in [4.69, 9.17) is 31.3 Å². The van der Waals surface area contributed by atoms with Crippen molar-refractivity contribution in [3.63, 3.8) is 0 Å². The number of rotatable bonds is 18. The Balaban J connectivity index is 1.40. The van der Waals surface area contributed by atoms with E-state index in [2.05, 4.69) is 25.1 Å². The molecule has 1 saturated heterocycles. The van der Waals surface area contributed by atoms with Gasteiger partial charge in [-0.1, -0.05) is 23.7 Å². The van der Waals surface area contributed by atoms with Gasteiger partial charge in [0, 0.05) is 17.0 Å². The van der Waals surface area contributed by atoms with Crippen LogP contribution in [0.25, 0.3) is 11.1 Å². The Hall–Kier alpha value is -5.26. The van der Waals surface area contributed by atoms with Gasteiger partial charge in [0.2, 0.25) is 0 Å². The number of pyridine rings is 1. The van der Waals surface area contributed by atoms with Crippen LogP contribution in [0.5, 0.6) is 5.75 Å². The fourth-order valence-electron chi connectivity index (χ4n) is 4.97. The number of aromatic nitrogens is 2. The molecule has 0 aliphatic carbocycles. The Morgan fingerprint density at radius 3 is 2.40 bits per heavy atom. The van der Waals surface area contributed by atoms with Crippen LogP contribution in [0, 0.1) is 0 Å². The lowest BCUT2D eigenvalue weighted by Gasteiger charge is -2.50. The Bertz CT molecular complexity index is 1970. The van der Waals surface area contributed by atoms with Crippen LogP contribution in [0.2, 0.25) is 0 Å². The van der Waals surface area contributed by atoms with Crippen LogP contribution in [0.3, 0.4) is 0 Å². The number of nitrogens with two attached hydrogens (primary N) is 3. The summed E-state index contributed by atoms with van der Waals surface area (Å²) in [6, 6.07) is 8.25. The number of benzene rings is 1. The van der Waals surface area contributed by atoms with E-state index in [0.29, 0.717) is 23.8 Å². The highest BCUT2D eigenvalue weighted by atomic mass is 32.3. The molecule has 1 aromatic carbocycles. The van der Waals surface area contributed by atoms with Gasteiger partial charge in [0.15, 0.2) is 10.8 Å². The number of nitrogens with one attached hydrogen (secondary N) is 2. The molecule has 0 saturated carbocycles. The largest absolute Gasteiger partial charge is 0.489 e. The van der Waals surface area contributed by atoms with Gasteiger partial charge in [0.25, 0.3) is 23.7 Å². The summed E-state index contributed by atoms with van der Waals surface area (Å²) in [5.74, 6) is -2.99. The number of carboxylic acid groups (broad SMARTS) is 1. The highest BCUT2D eigenvalue weighted by Gasteiger charge is 2.58. The van der Waals surface area contributed by atoms with E-state index in [-0.39, 0.29) is 22.5 Å². The number of thiazole rings is 1. The number of oxime groups is 1. The smallest absolute Gasteiger partial charge is 0.418 e. The van der Waals surface area contributed by atoms with Crippen molar-refractivity contribution >= 4 is 62.1 Å². The van der Waals surface area contributed by atoms with E-state index in [1.807, 2.05) is 12.3 Å². The number of aliphatic carboxylic acids is 1. The molecule has 2 unspecified atom stereocenters. The second-order valence-corrected chi connectivity index (χ2v) is 14.2. The number of aryl methyl sites for hydroxylation is 1. The number of hydrogen-bond acceptors (Lipinski definition) is 15. The van der Waals surface area contributed by atoms with Gasteiger partial charge in [-0.25, -0.2) is 24.5 Å². The first kappa shape index (κ1) is 40.5. The van der Waals surface area contributed by atoms with Gasteiger partial charge < -0.3 is 37.2 Å². The number of anilines is 2. The molecule has 1 aliphatic heterocycles. The van der Waals surface area contributed by atoms with Crippen LogP contribution >= 0.6 is 11.3 Å². The molecule has 3 aromatic rings. The quantitative estimate of drug-likeness (QED) is 0.0218. The minimum atomic E-state index is -5.03. The Morgan fingerprint density at radius 2 is 1.83 bits per heavy atom. The molecule has 3 atom stereocenters. The zero-order valence-electron chi connectivity index (χ0n) is 28.8. The maximum absolute atomic E-state index is 13.3. The molecule has 0 bridgehead atoms. The number of nitrogens with zero attached hydrogens (tertiary/aromatic N) is 4. The molecule has 20 nitrogen and oxygen atoms in total. The summed E-state index contributed by atoms with van der Waals surface area (Å²) in [7, 11) is -3.26. The standard InChI is InChI=1S/C31H39N9O11S2/c1-31(2)25(28(43)40(31)51-53(46,47)48)37-27(42)24(21-16-52-30(34)35-21)38-50-22(29(44)45)15-49-19-10-7-17(8-11-19)18-9-12-23(39(3)14-18)36-26(41)20(33)6-4-5-13-32/h7-12,14,16,20,22,25H,4-6,13,15,32-33H2,1-3H3,(H5,34,35,37,42,44,45,46,47,48)/p+1/t20?,22-,25?/m0/s1. The zero-order chi connectivity index (χ0) is 39.1. The van der Waals surface area contributed by atoms with E-state index in [9.17, 15) is 32.7 Å². The van der Waals surface area contributed by atoms with Gasteiger partial charge in [-0.15, -0.1) is 15.6 Å². The Morgan fingerprint density at radius 1 is 1.15 bits per heavy atom. The summed E-state index contributed by atoms with van der Waals surface area (Å²) in [5, 5.41) is 20.4. The zero-order valence-corrected chi connectivity index (χ0v) is 30.4. The molecule has 22 heteroatoms. The molecule has 0 radical (unpaired) electrons. The highest BCUT2D eigenvalue weighted by Crippen LogP contribution is 2.33. The maximum atomic E-state index is 13.3. The molecule has 3 heterocycles. The third-order valence-corrected chi connectivity index (χ3v) is 8.94. The van der Waals surface area contributed by atoms with Crippen LogP contribution in [0.4, 0.5) is 10.9 Å². The van der Waals surface area contributed by atoms with Gasteiger partial charge in [-0.3, -0.25) is 14.1 Å². The number of carbonyl (C=O) groups excluding carboxylic acids is 3. The molecule has 53 heavy (non-hydrogen) atoms. The average Bonchev–Trinajstić information content (AvgIpc) is 3.53. The third-order valence-electron chi connectivity index (χ3n) is 7.93. The number of ether oxygens (including phenoxy) is 1. The molecule has 1 fully saturated rings. The van der Waals surface area contributed by atoms with Crippen molar-refractivity contribution in [3.8, 4) is 16.9 Å². The van der Waals surface area contributed by atoms with Crippen molar-refractivity contribution in [2.75, 3.05) is 24.2 Å². The van der Waals surface area contributed by atoms with Crippen LogP contribution in [0.15, 0.2) is 53.1 Å². The minimum Gasteiger partial charge on any atom is -0.489 e. The second-order valence-electron chi connectivity index (χ2n) is 12.3. The van der Waals surface area contributed by atoms with Crippen molar-refractivity contribution < 1.29 is 55.7 Å². The number of unbranched alkanes of at least 4 members (excludes halogenated alkanes) is 1. The van der Waals surface area contributed by atoms with Gasteiger partial charge in [0.05, 0.1) is 18.8 Å². The second kappa shape index (κ2) is 17.0. The lowest BCUT2D eigenvalue weighted by Crippen LogP contribution is -2.76. The summed E-state index contributed by atoms with van der Waals surface area (Å²) >= 11 is 0.945. The number of β-lactam (4-membered cyclic amide) rings is 1. The van der Waals surface area contributed by atoms with Crippen LogP contribution in [0.1, 0.15) is 38.8 Å². The van der Waals surface area contributed by atoms with Crippen molar-refractivity contribution in [1.29, 1.82) is 0 Å². The lowest BCUT2D eigenvalue weighted by atomic mass is 9.84. The molecular weight excluding hydrogens is 739 g/mol. The summed E-state index contributed by atoms with van der Waals surface area (Å²) in [5.41, 5.74) is 16.7. The van der Waals surface area contributed by atoms with Gasteiger partial charge in [-0.05, 0) is 57.0 Å². The highest BCUT2D eigenvalue weighted by molar-refractivity contribution is 7.80. The number of amides is 3. The summed E-state index contributed by atoms with van der Waals surface area (Å²) in [4.78, 5) is 59.5. The predicted octanol–water partition coefficient (Wildman–Crippen LogP) is -0.295. The van der Waals surface area contributed by atoms with Crippen LogP contribution in [-0.2, 0) is 45.7 Å². The van der Waals surface area contributed by atoms with E-state index in [0.717, 1.165) is 35.3 Å². The number of carbonyl (C=O) groups is 4. The molecule has 0 spiro atoms. The van der Waals surface area contributed by atoms with E-state index in [1.54, 1.807) is 41.9 Å². The first-order valence-electron chi connectivity index (χ1n) is 15.9. The normalized spacial score (nSPS) is 16.6. The molecule has 3 amide bonds. The fraction of sp³-hybridized carbons (Fsp3) is 0.387. The van der Waals surface area contributed by atoms with Crippen LogP contribution in [-0.4, -0.2) is 94.4 Å². The summed E-state index contributed by atoms with van der Waals surface area (Å²) in [6.45, 7) is 2.70. The third kappa shape index (κ3) is 10.4. The Labute approximate surface area is 307 Å². The SMILES string of the molecule is C[n+]1cc(-c2ccc(OC[C@H](ON=C(C(=O)NC3C(=O)N(OS(=O)(=O)O)C3(C)C)c3csc(N)n3)C(=O)O)cc2)ccc1NC(=O)C(N)CCCCN. The van der Waals surface area contributed by atoms with Gasteiger partial charge in [0.1, 0.15) is 30.1 Å². The van der Waals surface area contributed by atoms with Crippen molar-refractivity contribution in [3.05, 3.63) is 53.7 Å². The van der Waals surface area contributed by atoms with E-state index in [1.165, 1.54) is 19.2 Å². The first-order valence-corrected chi connectivity index (χ1v) is 18.1. The molecule has 2 aromatic heterocycles. The minimum absolute atomic E-state index is 0.0424. The van der Waals surface area contributed by atoms with Crippen molar-refractivity contribution in [1.82, 2.24) is 15.4 Å². The number of nitrogen functional groups attached to an aromatic ring is 1. The first-order chi connectivity index (χ1) is 24.9. The molecule has 286 valence electrons. The summed E-state index contributed by atoms with van der Waals surface area (Å²) < 4.78 is 42.9. The summed E-state index contributed by atoms with van der Waals surface area (Å²) in [6.07, 6.45) is 2.16. The molecular formula is C31H40N9O11S2+. The van der Waals surface area contributed by atoms with Gasteiger partial charge in [-0.2, -0.15) is 13.5 Å². The van der Waals surface area contributed by atoms with E-state index >= 15 is 0 Å². The number of hydrogen-bond donors (Lipinski definition) is 7. The number of carboxylic acids is 1. The predicted molar refractivity (Wildman–Crippen MR) is 189 cm³/mol. The topological polar surface area (TPSA) is 305 Å². The maximum Gasteiger partial charge on any atom is 0.418 e. The fourth-order valence-corrected chi connectivity index (χ4v) is 5.97. The van der Waals surface area contributed by atoms with Crippen molar-refractivity contribution in [2.45, 2.75) is 56.8 Å². The van der Waals surface area contributed by atoms with Crippen LogP contribution < -0.4 is 37.1 Å². The monoisotopic (exact) mass is 778 g/mol. The molecule has 1 aliphatic rings. The number of hydroxylamine groups is 2. The average molecular weight is 779 g/mol. The molecule has 4 rings (SSSR count). The van der Waals surface area contributed by atoms with Gasteiger partial charge >= 0.3 is 22.3 Å². The Kier molecular flexibility index (Phi) is 13.0. The van der Waals surface area contributed by atoms with Crippen molar-refractivity contribution in [2.24, 2.45) is 23.7 Å². The van der Waals surface area contributed by atoms with E-state index < -0.39 is 64.2 Å².